The molecule has 1 aliphatic heterocycles. The average molecular weight is 239 g/mol. The zero-order valence-corrected chi connectivity index (χ0v) is 10.8. The van der Waals surface area contributed by atoms with E-state index in [4.69, 9.17) is 9.47 Å². The highest BCUT2D eigenvalue weighted by Crippen LogP contribution is 2.16. The second-order valence-corrected chi connectivity index (χ2v) is 4.88. The number of ether oxygens (including phenoxy) is 2. The largest absolute Gasteiger partial charge is 0.349 e. The van der Waals surface area contributed by atoms with Crippen LogP contribution in [0.15, 0.2) is 12.4 Å². The van der Waals surface area contributed by atoms with E-state index in [-0.39, 0.29) is 6.04 Å². The number of hydrogen-bond acceptors (Lipinski definition) is 4. The molecule has 1 aromatic heterocycles. The summed E-state index contributed by atoms with van der Waals surface area (Å²) >= 11 is 0. The maximum atomic E-state index is 5.58. The van der Waals surface area contributed by atoms with Crippen LogP contribution in [-0.4, -0.2) is 41.1 Å². The smallest absolute Gasteiger partial charge is 0.162 e. The van der Waals surface area contributed by atoms with Gasteiger partial charge in [-0.2, -0.15) is 0 Å². The van der Waals surface area contributed by atoms with E-state index in [0.29, 0.717) is 13.2 Å². The molecule has 1 aliphatic rings. The quantitative estimate of drug-likeness (QED) is 0.840. The summed E-state index contributed by atoms with van der Waals surface area (Å²) in [7, 11) is 2.01. The van der Waals surface area contributed by atoms with Crippen molar-refractivity contribution in [2.75, 3.05) is 19.8 Å². The molecule has 17 heavy (non-hydrogen) atoms. The normalized spacial score (nSPS) is 20.6. The highest BCUT2D eigenvalue weighted by Gasteiger charge is 2.27. The van der Waals surface area contributed by atoms with Crippen LogP contribution in [0.2, 0.25) is 0 Å². The highest BCUT2D eigenvalue weighted by molar-refractivity contribution is 4.91. The first kappa shape index (κ1) is 12.5. The maximum Gasteiger partial charge on any atom is 0.162 e. The Morgan fingerprint density at radius 2 is 2.18 bits per heavy atom. The number of aryl methyl sites for hydroxylation is 1. The predicted molar refractivity (Wildman–Crippen MR) is 64.7 cm³/mol. The van der Waals surface area contributed by atoms with Gasteiger partial charge in [-0.3, -0.25) is 0 Å². The zero-order valence-electron chi connectivity index (χ0n) is 10.8. The molecule has 0 aliphatic carbocycles. The summed E-state index contributed by atoms with van der Waals surface area (Å²) < 4.78 is 13.2. The van der Waals surface area contributed by atoms with Gasteiger partial charge >= 0.3 is 0 Å². The summed E-state index contributed by atoms with van der Waals surface area (Å²) in [5, 5.41) is 3.42. The molecule has 1 fully saturated rings. The van der Waals surface area contributed by atoms with E-state index in [9.17, 15) is 0 Å². The van der Waals surface area contributed by atoms with E-state index in [1.54, 1.807) is 0 Å². The van der Waals surface area contributed by atoms with Crippen molar-refractivity contribution in [1.82, 2.24) is 14.9 Å². The summed E-state index contributed by atoms with van der Waals surface area (Å²) in [4.78, 5) is 4.28. The fourth-order valence-electron chi connectivity index (χ4n) is 1.84. The van der Waals surface area contributed by atoms with E-state index in [1.807, 2.05) is 37.9 Å². The Kier molecular flexibility index (Phi) is 3.81. The lowest BCUT2D eigenvalue weighted by Gasteiger charge is -2.35. The summed E-state index contributed by atoms with van der Waals surface area (Å²) in [5.41, 5.74) is 0. The minimum Gasteiger partial charge on any atom is -0.349 e. The SMILES string of the molecule is Cn1ccnc1CCNC1COC(C)(C)OC1. The van der Waals surface area contributed by atoms with Crippen molar-refractivity contribution in [2.45, 2.75) is 32.1 Å². The lowest BCUT2D eigenvalue weighted by Crippen LogP contribution is -2.49. The Balaban J connectivity index is 1.68. The Morgan fingerprint density at radius 1 is 1.47 bits per heavy atom. The number of nitrogens with zero attached hydrogens (tertiary/aromatic N) is 2. The Hall–Kier alpha value is -0.910. The van der Waals surface area contributed by atoms with Gasteiger partial charge in [-0.15, -0.1) is 0 Å². The molecule has 5 nitrogen and oxygen atoms in total. The molecular formula is C12H21N3O2. The lowest BCUT2D eigenvalue weighted by atomic mass is 10.2. The van der Waals surface area contributed by atoms with Crippen molar-refractivity contribution < 1.29 is 9.47 Å². The molecule has 1 saturated heterocycles. The highest BCUT2D eigenvalue weighted by atomic mass is 16.7. The van der Waals surface area contributed by atoms with Crippen LogP contribution in [0, 0.1) is 0 Å². The summed E-state index contributed by atoms with van der Waals surface area (Å²) in [5.74, 6) is 0.660. The van der Waals surface area contributed by atoms with Crippen molar-refractivity contribution in [1.29, 1.82) is 0 Å². The van der Waals surface area contributed by atoms with Gasteiger partial charge in [0.2, 0.25) is 0 Å². The van der Waals surface area contributed by atoms with Gasteiger partial charge in [0.05, 0.1) is 19.3 Å². The van der Waals surface area contributed by atoms with Crippen LogP contribution in [0.3, 0.4) is 0 Å². The topological polar surface area (TPSA) is 48.3 Å². The van der Waals surface area contributed by atoms with Crippen LogP contribution in [0.25, 0.3) is 0 Å². The van der Waals surface area contributed by atoms with E-state index in [2.05, 4.69) is 10.3 Å². The average Bonchev–Trinajstić information content (AvgIpc) is 2.67. The zero-order chi connectivity index (χ0) is 12.3. The molecule has 0 aromatic carbocycles. The molecule has 96 valence electrons. The molecule has 0 radical (unpaired) electrons. The summed E-state index contributed by atoms with van der Waals surface area (Å²) in [6.07, 6.45) is 4.71. The molecule has 0 amide bonds. The summed E-state index contributed by atoms with van der Waals surface area (Å²) in [6, 6.07) is 0.281. The van der Waals surface area contributed by atoms with Crippen LogP contribution >= 0.6 is 0 Å². The van der Waals surface area contributed by atoms with Gasteiger partial charge in [0.1, 0.15) is 5.82 Å². The van der Waals surface area contributed by atoms with Gasteiger partial charge in [-0.05, 0) is 13.8 Å². The van der Waals surface area contributed by atoms with Gasteiger partial charge in [-0.25, -0.2) is 4.98 Å². The second kappa shape index (κ2) is 5.16. The standard InChI is InChI=1S/C12H21N3O2/c1-12(2)16-8-10(9-17-12)13-5-4-11-14-6-7-15(11)3/h6-7,10,13H,4-5,8-9H2,1-3H3. The van der Waals surface area contributed by atoms with Crippen molar-refractivity contribution in [3.63, 3.8) is 0 Å². The van der Waals surface area contributed by atoms with Gasteiger partial charge in [0.25, 0.3) is 0 Å². The van der Waals surface area contributed by atoms with Gasteiger partial charge < -0.3 is 19.4 Å². The Morgan fingerprint density at radius 3 is 2.76 bits per heavy atom. The van der Waals surface area contributed by atoms with E-state index in [1.165, 1.54) is 0 Å². The van der Waals surface area contributed by atoms with Crippen molar-refractivity contribution in [2.24, 2.45) is 7.05 Å². The molecule has 0 unspecified atom stereocenters. The molecule has 0 saturated carbocycles. The van der Waals surface area contributed by atoms with Crippen LogP contribution in [-0.2, 0) is 22.9 Å². The molecule has 5 heteroatoms. The van der Waals surface area contributed by atoms with Crippen LogP contribution in [0.5, 0.6) is 0 Å². The van der Waals surface area contributed by atoms with Crippen molar-refractivity contribution >= 4 is 0 Å². The van der Waals surface area contributed by atoms with Crippen LogP contribution in [0.1, 0.15) is 19.7 Å². The van der Waals surface area contributed by atoms with Crippen LogP contribution < -0.4 is 5.32 Å². The molecule has 0 atom stereocenters. The number of aromatic nitrogens is 2. The Labute approximate surface area is 102 Å². The third kappa shape index (κ3) is 3.52. The monoisotopic (exact) mass is 239 g/mol. The van der Waals surface area contributed by atoms with Gasteiger partial charge in [-0.1, -0.05) is 0 Å². The number of nitrogens with one attached hydrogen (secondary N) is 1. The Bertz CT molecular complexity index is 352. The van der Waals surface area contributed by atoms with Gasteiger partial charge in [0, 0.05) is 32.4 Å². The van der Waals surface area contributed by atoms with E-state index < -0.39 is 5.79 Å². The second-order valence-electron chi connectivity index (χ2n) is 4.88. The molecule has 2 rings (SSSR count). The predicted octanol–water partition coefficient (Wildman–Crippen LogP) is 0.704. The number of rotatable bonds is 4. The maximum absolute atomic E-state index is 5.58. The first-order chi connectivity index (χ1) is 8.07. The molecule has 0 bridgehead atoms. The van der Waals surface area contributed by atoms with Crippen molar-refractivity contribution in [3.05, 3.63) is 18.2 Å². The molecule has 0 spiro atoms. The number of imidazole rings is 1. The minimum atomic E-state index is -0.433. The third-order valence-corrected chi connectivity index (χ3v) is 2.97. The van der Waals surface area contributed by atoms with Crippen LogP contribution in [0.4, 0.5) is 0 Å². The fourth-order valence-corrected chi connectivity index (χ4v) is 1.84. The first-order valence-electron chi connectivity index (χ1n) is 6.04. The minimum absolute atomic E-state index is 0.281. The van der Waals surface area contributed by atoms with E-state index >= 15 is 0 Å². The first-order valence-corrected chi connectivity index (χ1v) is 6.04. The molecular weight excluding hydrogens is 218 g/mol. The third-order valence-electron chi connectivity index (χ3n) is 2.97. The van der Waals surface area contributed by atoms with Crippen molar-refractivity contribution in [3.8, 4) is 0 Å². The molecule has 1 N–H and O–H groups in total. The summed E-state index contributed by atoms with van der Waals surface area (Å²) in [6.45, 7) is 6.18. The molecule has 2 heterocycles. The molecule has 1 aromatic rings. The number of hydrogen-bond donors (Lipinski definition) is 1. The van der Waals surface area contributed by atoms with Gasteiger partial charge in [0.15, 0.2) is 5.79 Å². The fraction of sp³-hybridized carbons (Fsp3) is 0.750. The van der Waals surface area contributed by atoms with E-state index in [0.717, 1.165) is 18.8 Å². The lowest BCUT2D eigenvalue weighted by molar-refractivity contribution is -0.252.